The Labute approximate surface area is 137 Å². The Hall–Kier alpha value is -1.79. The molecule has 1 aromatic carbocycles. The summed E-state index contributed by atoms with van der Waals surface area (Å²) in [5.74, 6) is 1.74. The number of carbonyl (C=O) groups is 1. The van der Waals surface area contributed by atoms with Crippen LogP contribution in [0.4, 0.5) is 0 Å². The van der Waals surface area contributed by atoms with Gasteiger partial charge >= 0.3 is 0 Å². The minimum absolute atomic E-state index is 0.104. The number of ether oxygens (including phenoxy) is 2. The number of amides is 1. The van der Waals surface area contributed by atoms with E-state index in [1.807, 2.05) is 19.2 Å². The number of hydrogen-bond donors (Lipinski definition) is 1. The Morgan fingerprint density at radius 1 is 1.35 bits per heavy atom. The highest BCUT2D eigenvalue weighted by atomic mass is 16.7. The number of nitrogens with zero attached hydrogens (tertiary/aromatic N) is 2. The molecule has 1 amide bonds. The number of likely N-dealkylation sites (N-methyl/N-ethyl adjacent to an activating group) is 1. The highest BCUT2D eigenvalue weighted by Gasteiger charge is 2.18. The normalized spacial score (nSPS) is 17.9. The number of likely N-dealkylation sites (tertiary alicyclic amines) is 1. The van der Waals surface area contributed by atoms with Crippen molar-refractivity contribution in [1.82, 2.24) is 15.1 Å². The molecule has 3 rings (SSSR count). The predicted molar refractivity (Wildman–Crippen MR) is 87.6 cm³/mol. The van der Waals surface area contributed by atoms with Crippen LogP contribution in [-0.2, 0) is 11.2 Å². The van der Waals surface area contributed by atoms with Gasteiger partial charge < -0.3 is 14.8 Å². The second-order valence-electron chi connectivity index (χ2n) is 6.39. The molecule has 1 aromatic rings. The van der Waals surface area contributed by atoms with E-state index in [-0.39, 0.29) is 5.91 Å². The van der Waals surface area contributed by atoms with E-state index in [4.69, 9.17) is 9.47 Å². The zero-order chi connectivity index (χ0) is 16.2. The first kappa shape index (κ1) is 16.1. The molecule has 1 atom stereocenters. The molecule has 6 heteroatoms. The number of carbonyl (C=O) groups excluding carboxylic acids is 1. The molecule has 0 radical (unpaired) electrons. The standard InChI is InChI=1S/C17H25N3O3/c1-13(8-14-4-5-15-16(9-14)23-12-22-15)19(2)11-18-17(21)10-20-6-3-7-20/h4-5,9,13H,3,6-8,10-12H2,1-2H3,(H,18,21). The van der Waals surface area contributed by atoms with Crippen molar-refractivity contribution >= 4 is 5.91 Å². The SMILES string of the molecule is CC(Cc1ccc2c(c1)OCO2)N(C)CNC(=O)CN1CCC1. The Balaban J connectivity index is 1.43. The lowest BCUT2D eigenvalue weighted by Crippen LogP contribution is -2.47. The predicted octanol–water partition coefficient (Wildman–Crippen LogP) is 1.06. The molecule has 0 aliphatic carbocycles. The maximum Gasteiger partial charge on any atom is 0.235 e. The van der Waals surface area contributed by atoms with Crippen LogP contribution in [0.1, 0.15) is 18.9 Å². The third-order valence-electron chi connectivity index (χ3n) is 4.56. The molecule has 1 saturated heterocycles. The van der Waals surface area contributed by atoms with Crippen molar-refractivity contribution in [3.05, 3.63) is 23.8 Å². The Bertz CT molecular complexity index is 560. The smallest absolute Gasteiger partial charge is 0.235 e. The van der Waals surface area contributed by atoms with Gasteiger partial charge in [-0.25, -0.2) is 0 Å². The van der Waals surface area contributed by atoms with Crippen LogP contribution in [-0.4, -0.2) is 61.9 Å². The lowest BCUT2D eigenvalue weighted by Gasteiger charge is -2.30. The monoisotopic (exact) mass is 319 g/mol. The van der Waals surface area contributed by atoms with Gasteiger partial charge in [0.05, 0.1) is 13.2 Å². The largest absolute Gasteiger partial charge is 0.454 e. The van der Waals surface area contributed by atoms with Gasteiger partial charge in [0.15, 0.2) is 11.5 Å². The van der Waals surface area contributed by atoms with Crippen molar-refractivity contribution in [3.63, 3.8) is 0 Å². The van der Waals surface area contributed by atoms with Crippen LogP contribution >= 0.6 is 0 Å². The molecule has 0 saturated carbocycles. The van der Waals surface area contributed by atoms with Gasteiger partial charge in [-0.1, -0.05) is 6.07 Å². The van der Waals surface area contributed by atoms with Gasteiger partial charge in [-0.2, -0.15) is 0 Å². The van der Waals surface area contributed by atoms with E-state index in [0.717, 1.165) is 31.0 Å². The minimum atomic E-state index is 0.104. The lowest BCUT2D eigenvalue weighted by molar-refractivity contribution is -0.123. The van der Waals surface area contributed by atoms with Crippen molar-refractivity contribution in [1.29, 1.82) is 0 Å². The van der Waals surface area contributed by atoms with Gasteiger partial charge in [-0.3, -0.25) is 14.6 Å². The summed E-state index contributed by atoms with van der Waals surface area (Å²) in [6.45, 7) is 5.64. The highest BCUT2D eigenvalue weighted by molar-refractivity contribution is 5.78. The average molecular weight is 319 g/mol. The van der Waals surface area contributed by atoms with Gasteiger partial charge in [0.2, 0.25) is 12.7 Å². The van der Waals surface area contributed by atoms with Crippen molar-refractivity contribution in [2.75, 3.05) is 40.1 Å². The quantitative estimate of drug-likeness (QED) is 0.762. The van der Waals surface area contributed by atoms with Crippen molar-refractivity contribution < 1.29 is 14.3 Å². The van der Waals surface area contributed by atoms with Gasteiger partial charge in [-0.15, -0.1) is 0 Å². The number of fused-ring (bicyclic) bond motifs is 1. The summed E-state index contributed by atoms with van der Waals surface area (Å²) in [4.78, 5) is 16.2. The van der Waals surface area contributed by atoms with Crippen LogP contribution < -0.4 is 14.8 Å². The molecule has 2 heterocycles. The van der Waals surface area contributed by atoms with Crippen LogP contribution in [0, 0.1) is 0 Å². The molecular weight excluding hydrogens is 294 g/mol. The van der Waals surface area contributed by atoms with E-state index in [0.29, 0.717) is 26.0 Å². The molecular formula is C17H25N3O3. The van der Waals surface area contributed by atoms with Crippen LogP contribution in [0.3, 0.4) is 0 Å². The third kappa shape index (κ3) is 4.14. The molecule has 23 heavy (non-hydrogen) atoms. The summed E-state index contributed by atoms with van der Waals surface area (Å²) >= 11 is 0. The van der Waals surface area contributed by atoms with Gasteiger partial charge in [0, 0.05) is 6.04 Å². The van der Waals surface area contributed by atoms with E-state index in [9.17, 15) is 4.79 Å². The van der Waals surface area contributed by atoms with Crippen LogP contribution in [0.25, 0.3) is 0 Å². The average Bonchev–Trinajstić information content (AvgIpc) is 2.96. The van der Waals surface area contributed by atoms with Gasteiger partial charge in [0.25, 0.3) is 0 Å². The maximum atomic E-state index is 11.8. The first-order chi connectivity index (χ1) is 11.1. The van der Waals surface area contributed by atoms with Crippen molar-refractivity contribution in [2.45, 2.75) is 25.8 Å². The maximum absolute atomic E-state index is 11.8. The van der Waals surface area contributed by atoms with E-state index in [2.05, 4.69) is 28.1 Å². The Morgan fingerprint density at radius 2 is 2.13 bits per heavy atom. The zero-order valence-corrected chi connectivity index (χ0v) is 13.9. The molecule has 1 unspecified atom stereocenters. The lowest BCUT2D eigenvalue weighted by atomic mass is 10.1. The molecule has 0 spiro atoms. The Morgan fingerprint density at radius 3 is 2.87 bits per heavy atom. The highest BCUT2D eigenvalue weighted by Crippen LogP contribution is 2.32. The van der Waals surface area contributed by atoms with Gasteiger partial charge in [-0.05, 0) is 57.6 Å². The molecule has 2 aliphatic rings. The summed E-state index contributed by atoms with van der Waals surface area (Å²) in [7, 11) is 2.03. The topological polar surface area (TPSA) is 54.0 Å². The Kier molecular flexibility index (Phi) is 5.03. The molecule has 1 N–H and O–H groups in total. The number of benzene rings is 1. The summed E-state index contributed by atoms with van der Waals surface area (Å²) < 4.78 is 10.7. The number of hydrogen-bond acceptors (Lipinski definition) is 5. The summed E-state index contributed by atoms with van der Waals surface area (Å²) in [6.07, 6.45) is 2.11. The van der Waals surface area contributed by atoms with E-state index in [1.54, 1.807) is 0 Å². The molecule has 0 aromatic heterocycles. The second-order valence-corrected chi connectivity index (χ2v) is 6.39. The first-order valence-corrected chi connectivity index (χ1v) is 8.19. The van der Waals surface area contributed by atoms with E-state index >= 15 is 0 Å². The second kappa shape index (κ2) is 7.19. The molecule has 1 fully saturated rings. The molecule has 126 valence electrons. The summed E-state index contributed by atoms with van der Waals surface area (Å²) in [6, 6.07) is 6.38. The van der Waals surface area contributed by atoms with Gasteiger partial charge in [0.1, 0.15) is 0 Å². The van der Waals surface area contributed by atoms with Crippen LogP contribution in [0.15, 0.2) is 18.2 Å². The van der Waals surface area contributed by atoms with E-state index in [1.165, 1.54) is 12.0 Å². The summed E-state index contributed by atoms with van der Waals surface area (Å²) in [5.41, 5.74) is 1.21. The minimum Gasteiger partial charge on any atom is -0.454 e. The number of nitrogens with one attached hydrogen (secondary N) is 1. The van der Waals surface area contributed by atoms with Crippen LogP contribution in [0.2, 0.25) is 0 Å². The zero-order valence-electron chi connectivity index (χ0n) is 13.9. The van der Waals surface area contributed by atoms with Crippen LogP contribution in [0.5, 0.6) is 11.5 Å². The first-order valence-electron chi connectivity index (χ1n) is 8.19. The van der Waals surface area contributed by atoms with E-state index < -0.39 is 0 Å². The van der Waals surface area contributed by atoms with Crippen molar-refractivity contribution in [2.24, 2.45) is 0 Å². The fraction of sp³-hybridized carbons (Fsp3) is 0.588. The number of rotatable bonds is 7. The fourth-order valence-corrected chi connectivity index (χ4v) is 2.73. The van der Waals surface area contributed by atoms with Crippen molar-refractivity contribution in [3.8, 4) is 11.5 Å². The molecule has 6 nitrogen and oxygen atoms in total. The summed E-state index contributed by atoms with van der Waals surface area (Å²) in [5, 5.41) is 2.99. The third-order valence-corrected chi connectivity index (χ3v) is 4.56. The fourth-order valence-electron chi connectivity index (χ4n) is 2.73. The molecule has 0 bridgehead atoms. The molecule has 2 aliphatic heterocycles.